The standard InChI is InChI=1S/C18H23N3O2/c1-13-7-10-21(16(11-13)17-5-3-14(2)23-17)18(22)6-4-15-12-19-8-9-20-15/h3,5,8-9,12-13,16H,4,6-7,10-11H2,1-2H3/t13-,16-/m1/s1. The van der Waals surface area contributed by atoms with Crippen molar-refractivity contribution < 1.29 is 9.21 Å². The van der Waals surface area contributed by atoms with E-state index in [4.69, 9.17) is 4.42 Å². The molecule has 122 valence electrons. The van der Waals surface area contributed by atoms with E-state index in [0.29, 0.717) is 18.8 Å². The van der Waals surface area contributed by atoms with Gasteiger partial charge in [0, 0.05) is 31.6 Å². The number of likely N-dealkylation sites (tertiary alicyclic amines) is 1. The van der Waals surface area contributed by atoms with Gasteiger partial charge in [-0.3, -0.25) is 14.8 Å². The summed E-state index contributed by atoms with van der Waals surface area (Å²) in [6, 6.07) is 4.03. The highest BCUT2D eigenvalue weighted by atomic mass is 16.3. The van der Waals surface area contributed by atoms with Crippen molar-refractivity contribution in [1.82, 2.24) is 14.9 Å². The minimum atomic E-state index is 0.0572. The molecule has 2 aromatic heterocycles. The van der Waals surface area contributed by atoms with Gasteiger partial charge in [0.2, 0.25) is 5.91 Å². The van der Waals surface area contributed by atoms with Gasteiger partial charge < -0.3 is 9.32 Å². The van der Waals surface area contributed by atoms with E-state index >= 15 is 0 Å². The molecule has 3 rings (SSSR count). The summed E-state index contributed by atoms with van der Waals surface area (Å²) in [6.45, 7) is 4.98. The fraction of sp³-hybridized carbons (Fsp3) is 0.500. The van der Waals surface area contributed by atoms with Gasteiger partial charge in [0.15, 0.2) is 0 Å². The van der Waals surface area contributed by atoms with E-state index in [9.17, 15) is 4.79 Å². The Morgan fingerprint density at radius 1 is 1.39 bits per heavy atom. The molecule has 1 saturated heterocycles. The number of furan rings is 1. The highest BCUT2D eigenvalue weighted by molar-refractivity contribution is 5.77. The molecule has 0 bridgehead atoms. The lowest BCUT2D eigenvalue weighted by Crippen LogP contribution is -2.40. The van der Waals surface area contributed by atoms with Crippen LogP contribution in [0.3, 0.4) is 0 Å². The Bertz CT molecular complexity index is 653. The van der Waals surface area contributed by atoms with Crippen molar-refractivity contribution in [2.45, 2.75) is 45.6 Å². The smallest absolute Gasteiger partial charge is 0.223 e. The zero-order chi connectivity index (χ0) is 16.2. The SMILES string of the molecule is Cc1ccc([C@H]2C[C@H](C)CCN2C(=O)CCc2cnccn2)o1. The number of carbonyl (C=O) groups is 1. The van der Waals surface area contributed by atoms with Crippen LogP contribution in [0.2, 0.25) is 0 Å². The minimum absolute atomic E-state index is 0.0572. The first-order chi connectivity index (χ1) is 11.1. The lowest BCUT2D eigenvalue weighted by molar-refractivity contribution is -0.136. The van der Waals surface area contributed by atoms with Crippen LogP contribution >= 0.6 is 0 Å². The summed E-state index contributed by atoms with van der Waals surface area (Å²) in [5.74, 6) is 2.57. The molecule has 5 nitrogen and oxygen atoms in total. The molecule has 1 amide bonds. The Morgan fingerprint density at radius 3 is 2.96 bits per heavy atom. The quantitative estimate of drug-likeness (QED) is 0.869. The molecule has 5 heteroatoms. The lowest BCUT2D eigenvalue weighted by atomic mass is 9.90. The van der Waals surface area contributed by atoms with E-state index in [2.05, 4.69) is 16.9 Å². The molecule has 1 aliphatic rings. The van der Waals surface area contributed by atoms with Crippen LogP contribution in [0.5, 0.6) is 0 Å². The second kappa shape index (κ2) is 6.94. The number of carbonyl (C=O) groups excluding carboxylic acids is 1. The Kier molecular flexibility index (Phi) is 4.74. The highest BCUT2D eigenvalue weighted by Gasteiger charge is 2.32. The van der Waals surface area contributed by atoms with Gasteiger partial charge in [-0.1, -0.05) is 6.92 Å². The van der Waals surface area contributed by atoms with E-state index in [1.165, 1.54) is 0 Å². The Hall–Kier alpha value is -2.17. The van der Waals surface area contributed by atoms with E-state index in [1.54, 1.807) is 18.6 Å². The third kappa shape index (κ3) is 3.78. The largest absolute Gasteiger partial charge is 0.464 e. The van der Waals surface area contributed by atoms with E-state index < -0.39 is 0 Å². The molecule has 0 spiro atoms. The van der Waals surface area contributed by atoms with Crippen LogP contribution in [0.25, 0.3) is 0 Å². The van der Waals surface area contributed by atoms with Gasteiger partial charge in [-0.25, -0.2) is 0 Å². The monoisotopic (exact) mass is 313 g/mol. The summed E-state index contributed by atoms with van der Waals surface area (Å²) in [4.78, 5) is 23.0. The van der Waals surface area contributed by atoms with Crippen LogP contribution in [0.4, 0.5) is 0 Å². The Balaban J connectivity index is 1.69. The number of aryl methyl sites for hydroxylation is 2. The second-order valence-corrected chi connectivity index (χ2v) is 6.38. The maximum Gasteiger partial charge on any atom is 0.223 e. The van der Waals surface area contributed by atoms with E-state index in [0.717, 1.165) is 36.6 Å². The van der Waals surface area contributed by atoms with Crippen molar-refractivity contribution >= 4 is 5.91 Å². The second-order valence-electron chi connectivity index (χ2n) is 6.38. The van der Waals surface area contributed by atoms with Crippen LogP contribution in [-0.2, 0) is 11.2 Å². The minimum Gasteiger partial charge on any atom is -0.464 e. The van der Waals surface area contributed by atoms with Crippen molar-refractivity contribution in [3.63, 3.8) is 0 Å². The molecule has 23 heavy (non-hydrogen) atoms. The number of amides is 1. The molecule has 0 saturated carbocycles. The van der Waals surface area contributed by atoms with Crippen LogP contribution in [0.15, 0.2) is 35.1 Å². The number of hydrogen-bond acceptors (Lipinski definition) is 4. The number of nitrogens with zero attached hydrogens (tertiary/aromatic N) is 3. The average molecular weight is 313 g/mol. The molecular weight excluding hydrogens is 290 g/mol. The topological polar surface area (TPSA) is 59.2 Å². The van der Waals surface area contributed by atoms with Gasteiger partial charge in [0.05, 0.1) is 11.7 Å². The first-order valence-corrected chi connectivity index (χ1v) is 8.24. The maximum atomic E-state index is 12.7. The van der Waals surface area contributed by atoms with Crippen molar-refractivity contribution in [2.75, 3.05) is 6.54 Å². The van der Waals surface area contributed by atoms with E-state index in [1.807, 2.05) is 24.0 Å². The molecule has 0 aliphatic carbocycles. The predicted octanol–water partition coefficient (Wildman–Crippen LogP) is 3.31. The van der Waals surface area contributed by atoms with Crippen LogP contribution in [0.1, 0.15) is 49.4 Å². The van der Waals surface area contributed by atoms with Gasteiger partial charge in [0.1, 0.15) is 11.5 Å². The first kappa shape index (κ1) is 15.7. The Labute approximate surface area is 136 Å². The van der Waals surface area contributed by atoms with E-state index in [-0.39, 0.29) is 11.9 Å². The molecule has 0 aromatic carbocycles. The molecule has 1 aliphatic heterocycles. The van der Waals surface area contributed by atoms with Crippen molar-refractivity contribution in [3.8, 4) is 0 Å². The molecule has 2 atom stereocenters. The molecule has 2 aromatic rings. The lowest BCUT2D eigenvalue weighted by Gasteiger charge is -2.37. The first-order valence-electron chi connectivity index (χ1n) is 8.24. The number of hydrogen-bond donors (Lipinski definition) is 0. The summed E-state index contributed by atoms with van der Waals surface area (Å²) < 4.78 is 5.80. The molecule has 1 fully saturated rings. The van der Waals surface area contributed by atoms with Crippen molar-refractivity contribution in [2.24, 2.45) is 5.92 Å². The number of piperidine rings is 1. The normalized spacial score (nSPS) is 21.4. The van der Waals surface area contributed by atoms with Gasteiger partial charge >= 0.3 is 0 Å². The van der Waals surface area contributed by atoms with Crippen molar-refractivity contribution in [3.05, 3.63) is 47.9 Å². The molecular formula is C18H23N3O2. The highest BCUT2D eigenvalue weighted by Crippen LogP contribution is 2.35. The number of aromatic nitrogens is 2. The van der Waals surface area contributed by atoms with Crippen LogP contribution < -0.4 is 0 Å². The molecule has 3 heterocycles. The summed E-state index contributed by atoms with van der Waals surface area (Å²) >= 11 is 0. The number of rotatable bonds is 4. The molecule has 0 radical (unpaired) electrons. The summed E-state index contributed by atoms with van der Waals surface area (Å²) in [5.41, 5.74) is 0.858. The summed E-state index contributed by atoms with van der Waals surface area (Å²) in [6.07, 6.45) is 8.13. The van der Waals surface area contributed by atoms with Gasteiger partial charge in [-0.05, 0) is 44.2 Å². The summed E-state index contributed by atoms with van der Waals surface area (Å²) in [7, 11) is 0. The fourth-order valence-corrected chi connectivity index (χ4v) is 3.18. The van der Waals surface area contributed by atoms with Crippen LogP contribution in [-0.4, -0.2) is 27.3 Å². The Morgan fingerprint density at radius 2 is 2.26 bits per heavy atom. The van der Waals surface area contributed by atoms with Crippen molar-refractivity contribution in [1.29, 1.82) is 0 Å². The van der Waals surface area contributed by atoms with Gasteiger partial charge in [0.25, 0.3) is 0 Å². The predicted molar refractivity (Wildman–Crippen MR) is 86.7 cm³/mol. The zero-order valence-electron chi connectivity index (χ0n) is 13.7. The van der Waals surface area contributed by atoms with Crippen LogP contribution in [0, 0.1) is 12.8 Å². The maximum absolute atomic E-state index is 12.7. The summed E-state index contributed by atoms with van der Waals surface area (Å²) in [5, 5.41) is 0. The third-order valence-corrected chi connectivity index (χ3v) is 4.49. The molecule has 0 N–H and O–H groups in total. The third-order valence-electron chi connectivity index (χ3n) is 4.49. The fourth-order valence-electron chi connectivity index (χ4n) is 3.18. The zero-order valence-corrected chi connectivity index (χ0v) is 13.7. The van der Waals surface area contributed by atoms with Gasteiger partial charge in [-0.15, -0.1) is 0 Å². The molecule has 0 unspecified atom stereocenters. The average Bonchev–Trinajstić information content (AvgIpc) is 3.00. The van der Waals surface area contributed by atoms with Gasteiger partial charge in [-0.2, -0.15) is 0 Å².